The van der Waals surface area contributed by atoms with Crippen LogP contribution in [-0.2, 0) is 9.53 Å². The zero-order valence-corrected chi connectivity index (χ0v) is 9.58. The van der Waals surface area contributed by atoms with Crippen LogP contribution in [0.2, 0.25) is 0 Å². The van der Waals surface area contributed by atoms with E-state index in [9.17, 15) is 4.79 Å². The fraction of sp³-hybridized carbons (Fsp3) is 0.727. The smallest absolute Gasteiger partial charge is 0.324 e. The van der Waals surface area contributed by atoms with Crippen molar-refractivity contribution >= 4 is 5.97 Å². The van der Waals surface area contributed by atoms with Crippen molar-refractivity contribution < 1.29 is 9.53 Å². The molecule has 0 spiro atoms. The van der Waals surface area contributed by atoms with Gasteiger partial charge in [-0.25, -0.2) is 5.43 Å². The Morgan fingerprint density at radius 2 is 2.33 bits per heavy atom. The second kappa shape index (κ2) is 5.75. The van der Waals surface area contributed by atoms with Crippen molar-refractivity contribution in [3.8, 4) is 0 Å². The summed E-state index contributed by atoms with van der Waals surface area (Å²) in [6, 6.07) is -0.206. The molecule has 1 heterocycles. The lowest BCUT2D eigenvalue weighted by molar-refractivity contribution is -0.148. The van der Waals surface area contributed by atoms with Gasteiger partial charge in [0.2, 0.25) is 0 Å². The molecule has 1 N–H and O–H groups in total. The summed E-state index contributed by atoms with van der Waals surface area (Å²) in [5, 5.41) is 1.96. The van der Waals surface area contributed by atoms with Gasteiger partial charge in [0.05, 0.1) is 6.61 Å². The Morgan fingerprint density at radius 3 is 2.93 bits per heavy atom. The average Bonchev–Trinajstić information content (AvgIpc) is 2.28. The van der Waals surface area contributed by atoms with E-state index in [0.717, 1.165) is 31.5 Å². The molecule has 0 aromatic carbocycles. The Balaban J connectivity index is 2.48. The lowest BCUT2D eigenvalue weighted by Crippen LogP contribution is -2.52. The summed E-state index contributed by atoms with van der Waals surface area (Å²) in [5.41, 5.74) is 4.17. The van der Waals surface area contributed by atoms with Crippen molar-refractivity contribution in [1.82, 2.24) is 10.4 Å². The predicted molar refractivity (Wildman–Crippen MR) is 58.9 cm³/mol. The third kappa shape index (κ3) is 3.23. The Hall–Kier alpha value is -1.03. The largest absolute Gasteiger partial charge is 0.465 e. The van der Waals surface area contributed by atoms with Crippen LogP contribution < -0.4 is 5.43 Å². The predicted octanol–water partition coefficient (Wildman–Crippen LogP) is 1.44. The van der Waals surface area contributed by atoms with Crippen LogP contribution in [0.5, 0.6) is 0 Å². The Kier molecular flexibility index (Phi) is 4.62. The van der Waals surface area contributed by atoms with Crippen molar-refractivity contribution in [3.05, 3.63) is 12.3 Å². The summed E-state index contributed by atoms with van der Waals surface area (Å²) in [4.78, 5) is 11.5. The minimum absolute atomic E-state index is 0.161. The van der Waals surface area contributed by atoms with E-state index in [2.05, 4.69) is 18.9 Å². The first-order chi connectivity index (χ1) is 7.19. The van der Waals surface area contributed by atoms with Gasteiger partial charge in [-0.1, -0.05) is 13.5 Å². The number of nitrogens with one attached hydrogen (secondary N) is 1. The molecule has 4 heteroatoms. The highest BCUT2D eigenvalue weighted by Crippen LogP contribution is 2.13. The molecule has 15 heavy (non-hydrogen) atoms. The summed E-state index contributed by atoms with van der Waals surface area (Å²) in [5.74, 6) is -0.161. The molecule has 1 fully saturated rings. The highest BCUT2D eigenvalue weighted by atomic mass is 16.5. The van der Waals surface area contributed by atoms with Crippen LogP contribution in [0.1, 0.15) is 33.1 Å². The summed E-state index contributed by atoms with van der Waals surface area (Å²) < 4.78 is 4.99. The van der Waals surface area contributed by atoms with Gasteiger partial charge < -0.3 is 9.75 Å². The number of ether oxygens (including phenoxy) is 1. The van der Waals surface area contributed by atoms with Crippen molar-refractivity contribution in [1.29, 1.82) is 0 Å². The van der Waals surface area contributed by atoms with Crippen molar-refractivity contribution in [2.45, 2.75) is 39.2 Å². The third-order valence-corrected chi connectivity index (χ3v) is 2.55. The maximum atomic E-state index is 11.5. The fourth-order valence-corrected chi connectivity index (χ4v) is 1.62. The first kappa shape index (κ1) is 12.0. The molecule has 0 amide bonds. The van der Waals surface area contributed by atoms with Crippen LogP contribution in [0, 0.1) is 0 Å². The number of carbonyl (C=O) groups excluding carboxylic acids is 1. The van der Waals surface area contributed by atoms with E-state index in [1.165, 1.54) is 0 Å². The van der Waals surface area contributed by atoms with Crippen LogP contribution in [0.3, 0.4) is 0 Å². The second-order valence-corrected chi connectivity index (χ2v) is 3.65. The summed E-state index contributed by atoms with van der Waals surface area (Å²) in [6.45, 7) is 9.18. The molecule has 4 nitrogen and oxygen atoms in total. The molecule has 0 aromatic heterocycles. The molecule has 0 aliphatic carbocycles. The molecule has 1 rings (SSSR count). The zero-order valence-electron chi connectivity index (χ0n) is 9.58. The van der Waals surface area contributed by atoms with Crippen molar-refractivity contribution in [2.24, 2.45) is 0 Å². The number of esters is 1. The lowest BCUT2D eigenvalue weighted by atomic mass is 10.1. The minimum Gasteiger partial charge on any atom is -0.465 e. The van der Waals surface area contributed by atoms with E-state index < -0.39 is 0 Å². The lowest BCUT2D eigenvalue weighted by Gasteiger charge is -2.35. The topological polar surface area (TPSA) is 41.6 Å². The van der Waals surface area contributed by atoms with Gasteiger partial charge in [0, 0.05) is 12.2 Å². The molecule has 0 saturated carbocycles. The van der Waals surface area contributed by atoms with Gasteiger partial charge >= 0.3 is 5.97 Å². The van der Waals surface area contributed by atoms with E-state index in [-0.39, 0.29) is 12.0 Å². The number of nitrogens with zero attached hydrogens (tertiary/aromatic N) is 1. The van der Waals surface area contributed by atoms with Gasteiger partial charge in [0.1, 0.15) is 6.04 Å². The average molecular weight is 212 g/mol. The summed E-state index contributed by atoms with van der Waals surface area (Å²) in [7, 11) is 0. The quantitative estimate of drug-likeness (QED) is 0.716. The standard InChI is InChI=1S/C11H20N2O2/c1-4-9(3)13-8-6-7-10(12-13)11(14)15-5-2/h10,12H,3-8H2,1-2H3. The first-order valence-electron chi connectivity index (χ1n) is 5.57. The van der Waals surface area contributed by atoms with Gasteiger partial charge in [-0.3, -0.25) is 4.79 Å². The summed E-state index contributed by atoms with van der Waals surface area (Å²) >= 11 is 0. The van der Waals surface area contributed by atoms with Gasteiger partial charge in [-0.2, -0.15) is 0 Å². The Bertz CT molecular complexity index is 241. The minimum atomic E-state index is -0.206. The first-order valence-corrected chi connectivity index (χ1v) is 5.57. The van der Waals surface area contributed by atoms with Crippen LogP contribution in [-0.4, -0.2) is 30.2 Å². The van der Waals surface area contributed by atoms with Gasteiger partial charge in [0.25, 0.3) is 0 Å². The number of hydrogen-bond donors (Lipinski definition) is 1. The van der Waals surface area contributed by atoms with E-state index in [4.69, 9.17) is 4.74 Å². The van der Waals surface area contributed by atoms with E-state index in [0.29, 0.717) is 6.61 Å². The van der Waals surface area contributed by atoms with E-state index in [1.807, 2.05) is 11.9 Å². The zero-order chi connectivity index (χ0) is 11.3. The number of hydrogen-bond acceptors (Lipinski definition) is 4. The molecule has 1 atom stereocenters. The molecule has 1 aliphatic rings. The maximum absolute atomic E-state index is 11.5. The van der Waals surface area contributed by atoms with Crippen LogP contribution in [0.4, 0.5) is 0 Å². The normalized spacial score (nSPS) is 21.2. The van der Waals surface area contributed by atoms with Crippen LogP contribution >= 0.6 is 0 Å². The Morgan fingerprint density at radius 1 is 1.60 bits per heavy atom. The fourth-order valence-electron chi connectivity index (χ4n) is 1.62. The molecular formula is C11H20N2O2. The highest BCUT2D eigenvalue weighted by molar-refractivity contribution is 5.75. The molecule has 0 aromatic rings. The van der Waals surface area contributed by atoms with Gasteiger partial charge in [-0.15, -0.1) is 0 Å². The Labute approximate surface area is 91.2 Å². The molecule has 0 bridgehead atoms. The number of allylic oxidation sites excluding steroid dienone is 1. The van der Waals surface area contributed by atoms with Crippen LogP contribution in [0.25, 0.3) is 0 Å². The SMILES string of the molecule is C=C(CC)N1CCCC(C(=O)OCC)N1. The summed E-state index contributed by atoms with van der Waals surface area (Å²) in [6.07, 6.45) is 2.73. The number of hydrazine groups is 1. The molecule has 86 valence electrons. The molecule has 1 unspecified atom stereocenters. The van der Waals surface area contributed by atoms with E-state index in [1.54, 1.807) is 0 Å². The van der Waals surface area contributed by atoms with E-state index >= 15 is 0 Å². The maximum Gasteiger partial charge on any atom is 0.324 e. The van der Waals surface area contributed by atoms with Gasteiger partial charge in [0.15, 0.2) is 0 Å². The third-order valence-electron chi connectivity index (χ3n) is 2.55. The highest BCUT2D eigenvalue weighted by Gasteiger charge is 2.26. The molecule has 0 radical (unpaired) electrons. The molecular weight excluding hydrogens is 192 g/mol. The van der Waals surface area contributed by atoms with Crippen molar-refractivity contribution in [3.63, 3.8) is 0 Å². The molecule has 1 aliphatic heterocycles. The van der Waals surface area contributed by atoms with Gasteiger partial charge in [-0.05, 0) is 26.2 Å². The second-order valence-electron chi connectivity index (χ2n) is 3.65. The number of carbonyl (C=O) groups is 1. The van der Waals surface area contributed by atoms with Crippen LogP contribution in [0.15, 0.2) is 12.3 Å². The number of rotatable bonds is 4. The molecule has 1 saturated heterocycles. The monoisotopic (exact) mass is 212 g/mol. The van der Waals surface area contributed by atoms with Crippen molar-refractivity contribution in [2.75, 3.05) is 13.2 Å².